The minimum absolute atomic E-state index is 0.112. The summed E-state index contributed by atoms with van der Waals surface area (Å²) in [7, 11) is 0. The Kier molecular flexibility index (Phi) is 5.22. The van der Waals surface area contributed by atoms with Crippen LogP contribution in [0.5, 0.6) is 0 Å². The van der Waals surface area contributed by atoms with Crippen molar-refractivity contribution in [2.24, 2.45) is 5.92 Å². The first-order valence-corrected chi connectivity index (χ1v) is 8.55. The average molecular weight is 371 g/mol. The molecule has 0 aromatic heterocycles. The van der Waals surface area contributed by atoms with Crippen molar-refractivity contribution in [3.63, 3.8) is 0 Å². The number of hydrogen-bond acceptors (Lipinski definition) is 3. The second-order valence-corrected chi connectivity index (χ2v) is 6.74. The van der Waals surface area contributed by atoms with Crippen LogP contribution in [0.25, 0.3) is 0 Å². The van der Waals surface area contributed by atoms with Crippen LogP contribution in [0.4, 0.5) is 13.2 Å². The monoisotopic (exact) mass is 371 g/mol. The Morgan fingerprint density at radius 2 is 1.85 bits per heavy atom. The third-order valence-electron chi connectivity index (χ3n) is 4.99. The molecule has 26 heavy (non-hydrogen) atoms. The molecule has 8 heteroatoms. The lowest BCUT2D eigenvalue weighted by molar-refractivity contribution is -0.148. The van der Waals surface area contributed by atoms with Crippen molar-refractivity contribution in [3.8, 4) is 0 Å². The summed E-state index contributed by atoms with van der Waals surface area (Å²) in [5, 5.41) is 9.13. The number of aliphatic carboxylic acids is 1. The predicted octanol–water partition coefficient (Wildman–Crippen LogP) is 2.90. The van der Waals surface area contributed by atoms with Crippen LogP contribution in [0, 0.1) is 5.92 Å². The topological polar surface area (TPSA) is 66.8 Å². The summed E-state index contributed by atoms with van der Waals surface area (Å²) in [5.41, 5.74) is -0.614. The number of carboxylic acids is 1. The molecule has 1 aliphatic heterocycles. The molecule has 3 rings (SSSR count). The molecule has 1 saturated heterocycles. The molecule has 1 heterocycles. The smallest absolute Gasteiger partial charge is 0.416 e. The van der Waals surface area contributed by atoms with Crippen molar-refractivity contribution in [3.05, 3.63) is 35.4 Å². The van der Waals surface area contributed by atoms with Crippen molar-refractivity contribution in [1.29, 1.82) is 0 Å². The first kappa shape index (κ1) is 18.7. The maximum Gasteiger partial charge on any atom is 0.416 e. The Morgan fingerprint density at radius 3 is 2.46 bits per heavy atom. The molecular formula is C18H20F3NO4. The van der Waals surface area contributed by atoms with Gasteiger partial charge in [0.15, 0.2) is 0 Å². The lowest BCUT2D eigenvalue weighted by Gasteiger charge is -2.33. The first-order chi connectivity index (χ1) is 12.3. The van der Waals surface area contributed by atoms with Gasteiger partial charge in [-0.15, -0.1) is 0 Å². The summed E-state index contributed by atoms with van der Waals surface area (Å²) in [4.78, 5) is 25.3. The number of carbonyl (C=O) groups excluding carboxylic acids is 1. The van der Waals surface area contributed by atoms with Gasteiger partial charge in [0, 0.05) is 25.2 Å². The van der Waals surface area contributed by atoms with Gasteiger partial charge < -0.3 is 14.7 Å². The van der Waals surface area contributed by atoms with Gasteiger partial charge in [0.2, 0.25) is 5.91 Å². The highest BCUT2D eigenvalue weighted by atomic mass is 19.4. The maximum absolute atomic E-state index is 13.2. The minimum Gasteiger partial charge on any atom is -0.480 e. The van der Waals surface area contributed by atoms with Crippen LogP contribution in [0.3, 0.4) is 0 Å². The largest absolute Gasteiger partial charge is 0.480 e. The van der Waals surface area contributed by atoms with Crippen LogP contribution >= 0.6 is 0 Å². The van der Waals surface area contributed by atoms with Gasteiger partial charge in [-0.2, -0.15) is 13.2 Å². The fourth-order valence-electron chi connectivity index (χ4n) is 3.63. The molecule has 0 spiro atoms. The zero-order valence-electron chi connectivity index (χ0n) is 14.0. The van der Waals surface area contributed by atoms with E-state index in [1.165, 1.54) is 23.1 Å². The summed E-state index contributed by atoms with van der Waals surface area (Å²) in [6.07, 6.45) is -3.09. The molecule has 5 nitrogen and oxygen atoms in total. The lowest BCUT2D eigenvalue weighted by Crippen LogP contribution is -2.46. The van der Waals surface area contributed by atoms with Crippen molar-refractivity contribution in [1.82, 2.24) is 4.90 Å². The van der Waals surface area contributed by atoms with Crippen LogP contribution in [0.2, 0.25) is 0 Å². The summed E-state index contributed by atoms with van der Waals surface area (Å²) in [6.45, 7) is 0.450. The molecule has 2 fully saturated rings. The molecule has 1 N–H and O–H groups in total. The van der Waals surface area contributed by atoms with E-state index in [1.54, 1.807) is 0 Å². The normalized spacial score (nSPS) is 23.5. The van der Waals surface area contributed by atoms with E-state index in [-0.39, 0.29) is 17.5 Å². The standard InChI is InChI=1S/C18H20F3NO4/c19-18(20,21)15-4-2-1-3-12(15)13-9-14(13)17(25)22(10-16(23)24)11-5-7-26-8-6-11/h1-4,11,13-14H,5-10H2,(H,23,24)/t13-,14+/m0/s1. The number of hydrogen-bond donors (Lipinski definition) is 1. The van der Waals surface area contributed by atoms with Crippen LogP contribution < -0.4 is 0 Å². The van der Waals surface area contributed by atoms with E-state index < -0.39 is 36.1 Å². The summed E-state index contributed by atoms with van der Waals surface area (Å²) in [6, 6.07) is 5.02. The second-order valence-electron chi connectivity index (χ2n) is 6.74. The lowest BCUT2D eigenvalue weighted by atomic mass is 10.0. The fraction of sp³-hybridized carbons (Fsp3) is 0.556. The molecule has 2 aliphatic rings. The zero-order valence-corrected chi connectivity index (χ0v) is 14.0. The fourth-order valence-corrected chi connectivity index (χ4v) is 3.63. The summed E-state index contributed by atoms with van der Waals surface area (Å²) in [5.74, 6) is -2.61. The number of halogens is 3. The van der Waals surface area contributed by atoms with Gasteiger partial charge in [0.05, 0.1) is 5.56 Å². The van der Waals surface area contributed by atoms with Crippen LogP contribution in [0.15, 0.2) is 24.3 Å². The van der Waals surface area contributed by atoms with Crippen molar-refractivity contribution in [2.45, 2.75) is 37.4 Å². The number of carbonyl (C=O) groups is 2. The van der Waals surface area contributed by atoms with Crippen LogP contribution in [0.1, 0.15) is 36.3 Å². The van der Waals surface area contributed by atoms with Gasteiger partial charge in [-0.3, -0.25) is 9.59 Å². The Morgan fingerprint density at radius 1 is 1.19 bits per heavy atom. The number of nitrogens with zero attached hydrogens (tertiary/aromatic N) is 1. The molecule has 0 radical (unpaired) electrons. The third-order valence-corrected chi connectivity index (χ3v) is 4.99. The summed E-state index contributed by atoms with van der Waals surface area (Å²) < 4.78 is 44.8. The zero-order chi connectivity index (χ0) is 18.9. The predicted molar refractivity (Wildman–Crippen MR) is 85.5 cm³/mol. The Hall–Kier alpha value is -2.09. The number of alkyl halides is 3. The number of benzene rings is 1. The molecule has 1 aliphatic carbocycles. The van der Waals surface area contributed by atoms with Gasteiger partial charge in [-0.25, -0.2) is 0 Å². The Labute approximate surface area is 148 Å². The van der Waals surface area contributed by atoms with Crippen molar-refractivity contribution in [2.75, 3.05) is 19.8 Å². The third kappa shape index (κ3) is 4.00. The van der Waals surface area contributed by atoms with E-state index >= 15 is 0 Å². The molecule has 2 atom stereocenters. The van der Waals surface area contributed by atoms with Gasteiger partial charge in [0.1, 0.15) is 6.54 Å². The molecule has 0 unspecified atom stereocenters. The van der Waals surface area contributed by atoms with Gasteiger partial charge in [0.25, 0.3) is 0 Å². The van der Waals surface area contributed by atoms with Crippen LogP contribution in [-0.4, -0.2) is 47.7 Å². The number of ether oxygens (including phenoxy) is 1. The van der Waals surface area contributed by atoms with Gasteiger partial charge in [-0.1, -0.05) is 18.2 Å². The Bertz CT molecular complexity index is 685. The molecule has 1 amide bonds. The highest BCUT2D eigenvalue weighted by Crippen LogP contribution is 2.52. The highest BCUT2D eigenvalue weighted by Gasteiger charge is 2.50. The summed E-state index contributed by atoms with van der Waals surface area (Å²) >= 11 is 0. The SMILES string of the molecule is O=C(O)CN(C(=O)[C@@H]1C[C@H]1c1ccccc1C(F)(F)F)C1CCOCC1. The van der Waals surface area contributed by atoms with E-state index in [9.17, 15) is 22.8 Å². The number of rotatable bonds is 5. The molecule has 1 aromatic carbocycles. The van der Waals surface area contributed by atoms with Gasteiger partial charge >= 0.3 is 12.1 Å². The van der Waals surface area contributed by atoms with E-state index in [0.29, 0.717) is 32.5 Å². The maximum atomic E-state index is 13.2. The quantitative estimate of drug-likeness (QED) is 0.864. The number of amides is 1. The van der Waals surface area contributed by atoms with E-state index in [2.05, 4.69) is 0 Å². The van der Waals surface area contributed by atoms with Crippen molar-refractivity contribution < 1.29 is 32.6 Å². The molecule has 0 bridgehead atoms. The first-order valence-electron chi connectivity index (χ1n) is 8.55. The molecule has 1 saturated carbocycles. The van der Waals surface area contributed by atoms with Gasteiger partial charge in [-0.05, 0) is 36.8 Å². The molecule has 1 aromatic rings. The molecular weight excluding hydrogens is 351 g/mol. The van der Waals surface area contributed by atoms with Crippen LogP contribution in [-0.2, 0) is 20.5 Å². The van der Waals surface area contributed by atoms with E-state index in [0.717, 1.165) is 6.07 Å². The van der Waals surface area contributed by atoms with Crippen molar-refractivity contribution >= 4 is 11.9 Å². The Balaban J connectivity index is 1.77. The highest BCUT2D eigenvalue weighted by molar-refractivity contribution is 5.86. The van der Waals surface area contributed by atoms with E-state index in [1.807, 2.05) is 0 Å². The average Bonchev–Trinajstić information content (AvgIpc) is 3.39. The second kappa shape index (κ2) is 7.26. The van der Waals surface area contributed by atoms with E-state index in [4.69, 9.17) is 9.84 Å². The number of carboxylic acid groups (broad SMARTS) is 1. The molecule has 142 valence electrons. The minimum atomic E-state index is -4.48.